The van der Waals surface area contributed by atoms with Crippen LogP contribution in [0.4, 0.5) is 32.5 Å². The Kier molecular flexibility index (Phi) is 20.7. The number of hydrogen-bond acceptors (Lipinski definition) is 15. The summed E-state index contributed by atoms with van der Waals surface area (Å²) in [5.74, 6) is 0.291. The van der Waals surface area contributed by atoms with E-state index in [0.717, 1.165) is 57.4 Å². The Labute approximate surface area is 345 Å². The van der Waals surface area contributed by atoms with E-state index in [4.69, 9.17) is 39.9 Å². The minimum absolute atomic E-state index is 0. The van der Waals surface area contributed by atoms with Gasteiger partial charge in [-0.3, -0.25) is 4.79 Å². The van der Waals surface area contributed by atoms with Crippen molar-refractivity contribution >= 4 is 106 Å². The van der Waals surface area contributed by atoms with Gasteiger partial charge in [-0.25, -0.2) is 15.0 Å². The van der Waals surface area contributed by atoms with Crippen molar-refractivity contribution in [3.8, 4) is 16.3 Å². The molecule has 0 bridgehead atoms. The third-order valence-electron chi connectivity index (χ3n) is 6.69. The molecule has 3 aromatic heterocycles. The maximum Gasteiger partial charge on any atom is 1.00 e. The summed E-state index contributed by atoms with van der Waals surface area (Å²) in [6.45, 7) is 5.72. The zero-order chi connectivity index (χ0) is 36.1. The predicted octanol–water partition coefficient (Wildman–Crippen LogP) is 3.81. The number of aryl methyl sites for hydroxylation is 2. The second-order valence-electron chi connectivity index (χ2n) is 10.4. The van der Waals surface area contributed by atoms with Crippen LogP contribution in [0.15, 0.2) is 53.9 Å². The molecule has 0 atom stereocenters. The van der Waals surface area contributed by atoms with Crippen LogP contribution in [0.3, 0.4) is 0 Å². The van der Waals surface area contributed by atoms with Crippen molar-refractivity contribution in [1.82, 2.24) is 15.0 Å². The average molecular weight is 847 g/mol. The fourth-order valence-corrected chi connectivity index (χ4v) is 7.05. The number of carbonyl (C=O) groups excluding carboxylic acids is 1. The number of nitrogens with zero attached hydrogens (tertiary/aromatic N) is 5. The molecule has 0 spiro atoms. The van der Waals surface area contributed by atoms with E-state index < -0.39 is 0 Å². The first-order chi connectivity index (χ1) is 23.3. The van der Waals surface area contributed by atoms with Crippen LogP contribution in [0.25, 0.3) is 10.6 Å². The van der Waals surface area contributed by atoms with Crippen LogP contribution >= 0.6 is 62.2 Å². The standard InChI is InChI=1S/C14H14N4OS2.C8H11N3S.C6H7BrN2OS.C4H8O.Na.H2O/c1-8-12(21-13(15)16-8)11-7-20-14(17-11)18(2)9-3-5-10(19)6-4-9;1-11(8(10)12)7-4-2-6(9)3-5-7;1-3-5(4(10)2-7)11-6(8)9-3;1-2-4-5-3-1;;/h3-7,19H,1-2H3,(H2,15,16);2-5H,9H2,1H3,(H2,10,12);2H2,1H3,(H2,8,9);1-4H2;;1H2/q;;;;+1;/p-1. The van der Waals surface area contributed by atoms with Crippen LogP contribution in [0.1, 0.15) is 33.9 Å². The monoisotopic (exact) mass is 845 g/mol. The summed E-state index contributed by atoms with van der Waals surface area (Å²) in [5.41, 5.74) is 27.3. The quantitative estimate of drug-likeness (QED) is 0.0539. The number of halogens is 1. The summed E-state index contributed by atoms with van der Waals surface area (Å²) >= 11 is 12.1. The van der Waals surface area contributed by atoms with Crippen LogP contribution in [0.2, 0.25) is 0 Å². The minimum atomic E-state index is 0. The number of Topliss-reactive ketones (excluding diaryl/α,β-unsaturated/α-hetero) is 1. The first-order valence-corrected chi connectivity index (χ1v) is 18.8. The minimum Gasteiger partial charge on any atom is -0.870 e. The Morgan fingerprint density at radius 1 is 0.922 bits per heavy atom. The second-order valence-corrected chi connectivity index (χ2v) is 14.3. The zero-order valence-corrected chi connectivity index (χ0v) is 35.9. The number of aromatic hydroxyl groups is 1. The Balaban J connectivity index is 0.000000372. The molecule has 0 unspecified atom stereocenters. The van der Waals surface area contributed by atoms with Crippen molar-refractivity contribution in [2.24, 2.45) is 5.73 Å². The van der Waals surface area contributed by atoms with Crippen LogP contribution in [-0.2, 0) is 4.74 Å². The van der Waals surface area contributed by atoms with Crippen molar-refractivity contribution in [1.29, 1.82) is 0 Å². The van der Waals surface area contributed by atoms with Gasteiger partial charge in [0.1, 0.15) is 5.75 Å². The summed E-state index contributed by atoms with van der Waals surface area (Å²) in [6.07, 6.45) is 2.56. The molecule has 1 aliphatic rings. The van der Waals surface area contributed by atoms with E-state index in [1.807, 2.05) is 67.7 Å². The zero-order valence-electron chi connectivity index (χ0n) is 29.0. The number of aromatic nitrogens is 3. The first kappa shape index (κ1) is 46.1. The molecule has 1 fully saturated rings. The molecule has 51 heavy (non-hydrogen) atoms. The number of alkyl halides is 1. The van der Waals surface area contributed by atoms with Crippen LogP contribution < -0.4 is 62.3 Å². The molecule has 1 saturated heterocycles. The predicted molar refractivity (Wildman–Crippen MR) is 216 cm³/mol. The van der Waals surface area contributed by atoms with Gasteiger partial charge < -0.3 is 48.1 Å². The average Bonchev–Trinajstić information content (AvgIpc) is 3.91. The molecule has 1 aliphatic heterocycles. The van der Waals surface area contributed by atoms with Crippen molar-refractivity contribution in [2.75, 3.05) is 59.6 Å². The normalized spacial score (nSPS) is 11.2. The largest absolute Gasteiger partial charge is 1.00 e. The van der Waals surface area contributed by atoms with Crippen LogP contribution in [0.5, 0.6) is 5.75 Å². The van der Waals surface area contributed by atoms with Gasteiger partial charge in [-0.2, -0.15) is 0 Å². The number of hydrogen-bond donors (Lipinski definition) is 5. The van der Waals surface area contributed by atoms with Gasteiger partial charge in [0.25, 0.3) is 0 Å². The van der Waals surface area contributed by atoms with E-state index in [0.29, 0.717) is 25.6 Å². The number of nitrogens with two attached hydrogens (primary N) is 4. The fraction of sp³-hybridized carbons (Fsp3) is 0.281. The molecule has 270 valence electrons. The van der Waals surface area contributed by atoms with Gasteiger partial charge in [-0.15, -0.1) is 11.3 Å². The molecule has 0 saturated carbocycles. The third kappa shape index (κ3) is 14.6. The number of benzene rings is 2. The van der Waals surface area contributed by atoms with Gasteiger partial charge in [0, 0.05) is 49.8 Å². The van der Waals surface area contributed by atoms with E-state index in [1.54, 1.807) is 35.3 Å². The smallest absolute Gasteiger partial charge is 0.870 e. The van der Waals surface area contributed by atoms with E-state index >= 15 is 0 Å². The molecule has 19 heteroatoms. The number of phenolic OH excluding ortho intramolecular Hbond substituents is 1. The number of phenols is 1. The SMILES string of the molecule is C1CCOC1.CN(C(N)=S)c1ccc(N)cc1.Cc1nc(N)sc1-c1csc(N(C)c2ccc(O)cc2)n1.Cc1nc(N)sc1C(=O)CBr.[Na+].[OH-]. The molecule has 2 aromatic carbocycles. The third-order valence-corrected chi connectivity index (χ3v) is 10.4. The van der Waals surface area contributed by atoms with Crippen molar-refractivity contribution in [2.45, 2.75) is 26.7 Å². The summed E-state index contributed by atoms with van der Waals surface area (Å²) in [7, 11) is 3.76. The number of carbonyl (C=O) groups is 1. The number of thiocarbonyl (C=S) groups is 1. The molecule has 0 amide bonds. The van der Waals surface area contributed by atoms with Gasteiger partial charge in [-0.1, -0.05) is 38.6 Å². The van der Waals surface area contributed by atoms with Gasteiger partial charge >= 0.3 is 29.6 Å². The fourth-order valence-electron chi connectivity index (χ4n) is 4.04. The van der Waals surface area contributed by atoms with Gasteiger partial charge in [0.05, 0.1) is 32.2 Å². The molecule has 5 aromatic rings. The van der Waals surface area contributed by atoms with E-state index in [1.165, 1.54) is 35.5 Å². The number of nitrogen functional groups attached to an aromatic ring is 3. The van der Waals surface area contributed by atoms with Crippen molar-refractivity contribution in [3.63, 3.8) is 0 Å². The van der Waals surface area contributed by atoms with Gasteiger partial charge in [-0.05, 0) is 87.4 Å². The number of ketones is 1. The van der Waals surface area contributed by atoms with Gasteiger partial charge in [0.15, 0.2) is 26.3 Å². The Hall–Kier alpha value is -2.91. The molecule has 10 N–H and O–H groups in total. The summed E-state index contributed by atoms with van der Waals surface area (Å²) in [6, 6.07) is 14.4. The van der Waals surface area contributed by atoms with Crippen molar-refractivity contribution < 1.29 is 49.7 Å². The maximum atomic E-state index is 11.1. The number of ether oxygens (including phenoxy) is 1. The van der Waals surface area contributed by atoms with E-state index in [2.05, 4.69) is 30.9 Å². The molecule has 4 heterocycles. The molecule has 0 radical (unpaired) electrons. The summed E-state index contributed by atoms with van der Waals surface area (Å²) < 4.78 is 4.94. The summed E-state index contributed by atoms with van der Waals surface area (Å²) in [5, 5.41) is 13.9. The molecule has 13 nitrogen and oxygen atoms in total. The summed E-state index contributed by atoms with van der Waals surface area (Å²) in [4.78, 5) is 29.3. The molecular weight excluding hydrogens is 806 g/mol. The van der Waals surface area contributed by atoms with E-state index in [-0.39, 0.29) is 46.6 Å². The number of thiazole rings is 3. The topological polar surface area (TPSA) is 226 Å². The molecular formula is C32H41BrN9NaO4S4. The number of anilines is 6. The second kappa shape index (κ2) is 22.9. The van der Waals surface area contributed by atoms with E-state index in [9.17, 15) is 9.90 Å². The first-order valence-electron chi connectivity index (χ1n) is 14.8. The Morgan fingerprint density at radius 2 is 1.47 bits per heavy atom. The van der Waals surface area contributed by atoms with Crippen molar-refractivity contribution in [3.05, 3.63) is 70.2 Å². The van der Waals surface area contributed by atoms with Crippen LogP contribution in [0, 0.1) is 13.8 Å². The maximum absolute atomic E-state index is 11.1. The van der Waals surface area contributed by atoms with Gasteiger partial charge in [0.2, 0.25) is 0 Å². The molecule has 0 aliphatic carbocycles. The molecule has 6 rings (SSSR count). The van der Waals surface area contributed by atoms with Crippen LogP contribution in [-0.4, -0.2) is 69.1 Å². The number of rotatable bonds is 6. The Morgan fingerprint density at radius 3 is 1.92 bits per heavy atom. The Bertz CT molecular complexity index is 1790.